The van der Waals surface area contributed by atoms with E-state index in [1.165, 1.54) is 18.1 Å². The number of aryl methyl sites for hydroxylation is 3. The van der Waals surface area contributed by atoms with Gasteiger partial charge in [0.15, 0.2) is 0 Å². The summed E-state index contributed by atoms with van der Waals surface area (Å²) in [5.41, 5.74) is 3.41. The second-order valence-electron chi connectivity index (χ2n) is 5.94. The van der Waals surface area contributed by atoms with E-state index in [0.29, 0.717) is 17.3 Å². The predicted molar refractivity (Wildman–Crippen MR) is 101 cm³/mol. The molecule has 6 nitrogen and oxygen atoms in total. The molecule has 0 unspecified atom stereocenters. The highest BCUT2D eigenvalue weighted by Gasteiger charge is 2.17. The standard InChI is InChI=1S/C19H22ClN3O3/c1-13-7-5-6-8-15(13)11-23(12-18(25)26-4)17(24)10-9-16-14(2)21-22(3)19(16)20/h5-10H,11-12H2,1-4H3/b10-9+. The maximum Gasteiger partial charge on any atom is 0.325 e. The highest BCUT2D eigenvalue weighted by molar-refractivity contribution is 6.31. The lowest BCUT2D eigenvalue weighted by Crippen LogP contribution is -2.34. The lowest BCUT2D eigenvalue weighted by molar-refractivity contribution is -0.145. The van der Waals surface area contributed by atoms with E-state index in [9.17, 15) is 9.59 Å². The van der Waals surface area contributed by atoms with Crippen LogP contribution in [-0.4, -0.2) is 40.2 Å². The van der Waals surface area contributed by atoms with Crippen LogP contribution in [0.2, 0.25) is 5.15 Å². The topological polar surface area (TPSA) is 64.4 Å². The highest BCUT2D eigenvalue weighted by Crippen LogP contribution is 2.20. The number of aromatic nitrogens is 2. The van der Waals surface area contributed by atoms with Crippen molar-refractivity contribution in [3.63, 3.8) is 0 Å². The maximum atomic E-state index is 12.7. The third kappa shape index (κ3) is 4.73. The molecule has 0 aliphatic carbocycles. The Morgan fingerprint density at radius 3 is 2.58 bits per heavy atom. The van der Waals surface area contributed by atoms with Crippen LogP contribution < -0.4 is 0 Å². The monoisotopic (exact) mass is 375 g/mol. The minimum Gasteiger partial charge on any atom is -0.468 e. The number of methoxy groups -OCH3 is 1. The molecule has 0 radical (unpaired) electrons. The van der Waals surface area contributed by atoms with Gasteiger partial charge in [-0.15, -0.1) is 0 Å². The Morgan fingerprint density at radius 1 is 1.31 bits per heavy atom. The van der Waals surface area contributed by atoms with Gasteiger partial charge in [0.05, 0.1) is 12.8 Å². The first-order chi connectivity index (χ1) is 12.3. The van der Waals surface area contributed by atoms with Crippen LogP contribution in [0.5, 0.6) is 0 Å². The smallest absolute Gasteiger partial charge is 0.325 e. The molecule has 7 heteroatoms. The largest absolute Gasteiger partial charge is 0.468 e. The molecule has 0 aliphatic heterocycles. The number of nitrogens with zero attached hydrogens (tertiary/aromatic N) is 3. The normalized spacial score (nSPS) is 11.0. The van der Waals surface area contributed by atoms with E-state index in [-0.39, 0.29) is 12.5 Å². The number of rotatable bonds is 6. The fourth-order valence-corrected chi connectivity index (χ4v) is 2.76. The zero-order chi connectivity index (χ0) is 19.3. The van der Waals surface area contributed by atoms with Gasteiger partial charge in [0.2, 0.25) is 5.91 Å². The molecule has 0 atom stereocenters. The summed E-state index contributed by atoms with van der Waals surface area (Å²) in [5.74, 6) is -0.783. The van der Waals surface area contributed by atoms with Crippen molar-refractivity contribution in [3.8, 4) is 0 Å². The van der Waals surface area contributed by atoms with Crippen LogP contribution in [0.4, 0.5) is 0 Å². The molecule has 0 aliphatic rings. The Kier molecular flexibility index (Phi) is 6.58. The molecule has 0 saturated heterocycles. The van der Waals surface area contributed by atoms with Crippen LogP contribution in [-0.2, 0) is 27.9 Å². The number of ether oxygens (including phenoxy) is 1. The van der Waals surface area contributed by atoms with Crippen molar-refractivity contribution in [1.29, 1.82) is 0 Å². The Hall–Kier alpha value is -2.60. The summed E-state index contributed by atoms with van der Waals surface area (Å²) < 4.78 is 6.25. The number of esters is 1. The number of amides is 1. The quantitative estimate of drug-likeness (QED) is 0.575. The van der Waals surface area contributed by atoms with Gasteiger partial charge >= 0.3 is 5.97 Å². The van der Waals surface area contributed by atoms with Gasteiger partial charge in [-0.1, -0.05) is 35.9 Å². The summed E-state index contributed by atoms with van der Waals surface area (Å²) in [7, 11) is 3.03. The molecule has 26 heavy (non-hydrogen) atoms. The highest BCUT2D eigenvalue weighted by atomic mass is 35.5. The van der Waals surface area contributed by atoms with Gasteiger partial charge in [0.25, 0.3) is 0 Å². The van der Waals surface area contributed by atoms with Crippen molar-refractivity contribution >= 4 is 29.6 Å². The Balaban J connectivity index is 2.23. The molecule has 138 valence electrons. The molecule has 1 heterocycles. The van der Waals surface area contributed by atoms with E-state index in [1.807, 2.05) is 38.1 Å². The fraction of sp³-hybridized carbons (Fsp3) is 0.316. The van der Waals surface area contributed by atoms with E-state index in [0.717, 1.165) is 16.8 Å². The molecule has 0 fully saturated rings. The van der Waals surface area contributed by atoms with Crippen LogP contribution in [0.25, 0.3) is 6.08 Å². The Morgan fingerprint density at radius 2 is 2.00 bits per heavy atom. The van der Waals surface area contributed by atoms with Gasteiger partial charge in [0, 0.05) is 25.2 Å². The van der Waals surface area contributed by atoms with Crippen LogP contribution in [0, 0.1) is 13.8 Å². The van der Waals surface area contributed by atoms with Crippen molar-refractivity contribution < 1.29 is 14.3 Å². The number of hydrogen-bond donors (Lipinski definition) is 0. The first-order valence-electron chi connectivity index (χ1n) is 8.11. The second-order valence-corrected chi connectivity index (χ2v) is 6.30. The van der Waals surface area contributed by atoms with Crippen molar-refractivity contribution in [1.82, 2.24) is 14.7 Å². The van der Waals surface area contributed by atoms with Crippen molar-refractivity contribution in [3.05, 3.63) is 57.9 Å². The Bertz CT molecular complexity index is 843. The molecule has 0 N–H and O–H groups in total. The molecule has 0 bridgehead atoms. The van der Waals surface area contributed by atoms with Crippen LogP contribution in [0.15, 0.2) is 30.3 Å². The number of halogens is 1. The van der Waals surface area contributed by atoms with Gasteiger partial charge in [0.1, 0.15) is 11.7 Å². The lowest BCUT2D eigenvalue weighted by Gasteiger charge is -2.21. The van der Waals surface area contributed by atoms with Crippen molar-refractivity contribution in [2.45, 2.75) is 20.4 Å². The van der Waals surface area contributed by atoms with Crippen molar-refractivity contribution in [2.75, 3.05) is 13.7 Å². The Labute approximate surface area is 158 Å². The predicted octanol–water partition coefficient (Wildman–Crippen LogP) is 2.91. The van der Waals surface area contributed by atoms with Gasteiger partial charge in [-0.3, -0.25) is 14.3 Å². The first kappa shape index (κ1) is 19.7. The van der Waals surface area contributed by atoms with Gasteiger partial charge in [-0.05, 0) is 31.1 Å². The van der Waals surface area contributed by atoms with E-state index >= 15 is 0 Å². The lowest BCUT2D eigenvalue weighted by atomic mass is 10.1. The summed E-state index contributed by atoms with van der Waals surface area (Å²) in [6, 6.07) is 7.72. The number of carbonyl (C=O) groups excluding carboxylic acids is 2. The maximum absolute atomic E-state index is 12.7. The average molecular weight is 376 g/mol. The van der Waals surface area contributed by atoms with Gasteiger partial charge < -0.3 is 9.64 Å². The van der Waals surface area contributed by atoms with Crippen LogP contribution >= 0.6 is 11.6 Å². The molecular formula is C19H22ClN3O3. The molecule has 0 spiro atoms. The molecular weight excluding hydrogens is 354 g/mol. The number of benzene rings is 1. The average Bonchev–Trinajstić information content (AvgIpc) is 2.86. The summed E-state index contributed by atoms with van der Waals surface area (Å²) in [5, 5.41) is 4.66. The first-order valence-corrected chi connectivity index (χ1v) is 8.48. The van der Waals surface area contributed by atoms with Crippen LogP contribution in [0.1, 0.15) is 22.4 Å². The minimum atomic E-state index is -0.476. The zero-order valence-electron chi connectivity index (χ0n) is 15.3. The van der Waals surface area contributed by atoms with E-state index in [2.05, 4.69) is 5.10 Å². The third-order valence-electron chi connectivity index (χ3n) is 4.07. The summed E-state index contributed by atoms with van der Waals surface area (Å²) in [4.78, 5) is 25.8. The third-order valence-corrected chi connectivity index (χ3v) is 4.52. The van der Waals surface area contributed by atoms with E-state index in [4.69, 9.17) is 16.3 Å². The zero-order valence-corrected chi connectivity index (χ0v) is 16.1. The van der Waals surface area contributed by atoms with Crippen LogP contribution in [0.3, 0.4) is 0 Å². The summed E-state index contributed by atoms with van der Waals surface area (Å²) in [6.45, 7) is 3.96. The number of carbonyl (C=O) groups is 2. The number of hydrogen-bond acceptors (Lipinski definition) is 4. The van der Waals surface area contributed by atoms with Crippen molar-refractivity contribution in [2.24, 2.45) is 7.05 Å². The summed E-state index contributed by atoms with van der Waals surface area (Å²) in [6.07, 6.45) is 3.02. The van der Waals surface area contributed by atoms with E-state index in [1.54, 1.807) is 17.8 Å². The molecule has 0 saturated carbocycles. The SMILES string of the molecule is COC(=O)CN(Cc1ccccc1C)C(=O)/C=C/c1c(C)nn(C)c1Cl. The molecule has 1 amide bonds. The second kappa shape index (κ2) is 8.67. The molecule has 2 rings (SSSR count). The fourth-order valence-electron chi connectivity index (χ4n) is 2.52. The molecule has 1 aromatic heterocycles. The molecule has 1 aromatic carbocycles. The van der Waals surface area contributed by atoms with Gasteiger partial charge in [-0.25, -0.2) is 0 Å². The summed E-state index contributed by atoms with van der Waals surface area (Å²) >= 11 is 6.18. The van der Waals surface area contributed by atoms with Gasteiger partial charge in [-0.2, -0.15) is 5.10 Å². The molecule has 2 aromatic rings. The van der Waals surface area contributed by atoms with E-state index < -0.39 is 5.97 Å². The minimum absolute atomic E-state index is 0.131.